The molecule has 1 saturated carbocycles. The maximum absolute atomic E-state index is 10.1. The normalized spacial score (nSPS) is 17.9. The Kier molecular flexibility index (Phi) is 4.04. The van der Waals surface area contributed by atoms with E-state index in [1.165, 1.54) is 12.8 Å². The molecule has 0 radical (unpaired) electrons. The summed E-state index contributed by atoms with van der Waals surface area (Å²) in [5.74, 6) is 0.423. The van der Waals surface area contributed by atoms with E-state index in [-0.39, 0.29) is 6.10 Å². The van der Waals surface area contributed by atoms with Crippen molar-refractivity contribution in [1.29, 1.82) is 0 Å². The van der Waals surface area contributed by atoms with Gasteiger partial charge in [-0.1, -0.05) is 36.6 Å². The average molecular weight is 250 g/mol. The second-order valence-corrected chi connectivity index (χ2v) is 5.11. The SMILES string of the molecule is [C-]#[N+]c1ccc(C[C@@H](O)C2CCCC2)c(Cl)c1. The molecule has 3 heteroatoms. The molecule has 0 spiro atoms. The van der Waals surface area contributed by atoms with Crippen LogP contribution >= 0.6 is 11.6 Å². The third-order valence-corrected chi connectivity index (χ3v) is 3.89. The molecule has 17 heavy (non-hydrogen) atoms. The molecule has 1 aromatic rings. The van der Waals surface area contributed by atoms with Crippen LogP contribution in [0.25, 0.3) is 4.85 Å². The molecule has 0 bridgehead atoms. The Morgan fingerprint density at radius 2 is 2.12 bits per heavy atom. The van der Waals surface area contributed by atoms with Crippen LogP contribution in [0.2, 0.25) is 5.02 Å². The first-order valence-corrected chi connectivity index (χ1v) is 6.42. The summed E-state index contributed by atoms with van der Waals surface area (Å²) in [4.78, 5) is 3.33. The lowest BCUT2D eigenvalue weighted by atomic mass is 9.95. The van der Waals surface area contributed by atoms with Gasteiger partial charge in [0.2, 0.25) is 0 Å². The highest BCUT2D eigenvalue weighted by molar-refractivity contribution is 6.31. The molecule has 2 nitrogen and oxygen atoms in total. The van der Waals surface area contributed by atoms with E-state index in [2.05, 4.69) is 4.85 Å². The molecule has 1 N–H and O–H groups in total. The minimum atomic E-state index is -0.297. The smallest absolute Gasteiger partial charge is 0.188 e. The summed E-state index contributed by atoms with van der Waals surface area (Å²) in [7, 11) is 0. The number of aliphatic hydroxyl groups is 1. The molecule has 1 atom stereocenters. The molecule has 1 aromatic carbocycles. The predicted octanol–water partition coefficient (Wildman–Crippen LogP) is 3.98. The maximum atomic E-state index is 10.1. The zero-order valence-corrected chi connectivity index (χ0v) is 10.5. The van der Waals surface area contributed by atoms with E-state index in [1.807, 2.05) is 6.07 Å². The largest absolute Gasteiger partial charge is 0.392 e. The van der Waals surface area contributed by atoms with Crippen LogP contribution in [-0.2, 0) is 6.42 Å². The van der Waals surface area contributed by atoms with E-state index in [0.717, 1.165) is 18.4 Å². The van der Waals surface area contributed by atoms with Crippen molar-refractivity contribution in [2.75, 3.05) is 0 Å². The van der Waals surface area contributed by atoms with Crippen molar-refractivity contribution in [3.8, 4) is 0 Å². The minimum Gasteiger partial charge on any atom is -0.392 e. The Balaban J connectivity index is 2.05. The Bertz CT molecular complexity index is 432. The van der Waals surface area contributed by atoms with Gasteiger partial charge in [0.25, 0.3) is 0 Å². The van der Waals surface area contributed by atoms with Crippen molar-refractivity contribution in [2.24, 2.45) is 5.92 Å². The Morgan fingerprint density at radius 1 is 1.41 bits per heavy atom. The first-order valence-electron chi connectivity index (χ1n) is 6.04. The van der Waals surface area contributed by atoms with E-state index in [1.54, 1.807) is 12.1 Å². The molecule has 1 aliphatic carbocycles. The first-order chi connectivity index (χ1) is 8.20. The van der Waals surface area contributed by atoms with Gasteiger partial charge in [-0.15, -0.1) is 0 Å². The van der Waals surface area contributed by atoms with Crippen LogP contribution in [0.5, 0.6) is 0 Å². The van der Waals surface area contributed by atoms with Gasteiger partial charge in [-0.05, 0) is 36.8 Å². The molecule has 0 saturated heterocycles. The van der Waals surface area contributed by atoms with Gasteiger partial charge < -0.3 is 5.11 Å². The summed E-state index contributed by atoms with van der Waals surface area (Å²) in [6.07, 6.45) is 5.01. The topological polar surface area (TPSA) is 24.6 Å². The predicted molar refractivity (Wildman–Crippen MR) is 69.4 cm³/mol. The molecule has 2 rings (SSSR count). The van der Waals surface area contributed by atoms with Crippen molar-refractivity contribution in [3.63, 3.8) is 0 Å². The van der Waals surface area contributed by atoms with Crippen LogP contribution in [-0.4, -0.2) is 11.2 Å². The summed E-state index contributed by atoms with van der Waals surface area (Å²) in [6.45, 7) is 6.91. The van der Waals surface area contributed by atoms with Gasteiger partial charge in [0, 0.05) is 5.02 Å². The van der Waals surface area contributed by atoms with Crippen LogP contribution < -0.4 is 0 Å². The molecule has 90 valence electrons. The lowest BCUT2D eigenvalue weighted by Gasteiger charge is -2.18. The van der Waals surface area contributed by atoms with Crippen molar-refractivity contribution in [1.82, 2.24) is 0 Å². The van der Waals surface area contributed by atoms with Crippen LogP contribution in [0, 0.1) is 12.5 Å². The van der Waals surface area contributed by atoms with Gasteiger partial charge in [0.15, 0.2) is 5.69 Å². The molecular formula is C14H16ClNO. The van der Waals surface area contributed by atoms with E-state index >= 15 is 0 Å². The van der Waals surface area contributed by atoms with Crippen molar-refractivity contribution in [3.05, 3.63) is 40.2 Å². The summed E-state index contributed by atoms with van der Waals surface area (Å²) in [6, 6.07) is 5.29. The van der Waals surface area contributed by atoms with E-state index in [4.69, 9.17) is 18.2 Å². The molecule has 0 aliphatic heterocycles. The van der Waals surface area contributed by atoms with Gasteiger partial charge in [-0.25, -0.2) is 4.85 Å². The van der Waals surface area contributed by atoms with E-state index < -0.39 is 0 Å². The summed E-state index contributed by atoms with van der Waals surface area (Å²) in [5, 5.41) is 10.7. The second-order valence-electron chi connectivity index (χ2n) is 4.70. The molecule has 1 fully saturated rings. The van der Waals surface area contributed by atoms with Gasteiger partial charge in [0.05, 0.1) is 12.7 Å². The number of nitrogens with zero attached hydrogens (tertiary/aromatic N) is 1. The quantitative estimate of drug-likeness (QED) is 0.805. The number of aliphatic hydroxyl groups excluding tert-OH is 1. The standard InChI is InChI=1S/C14H16ClNO/c1-16-12-7-6-11(13(15)9-12)8-14(17)10-4-2-3-5-10/h6-7,9-10,14,17H,2-5,8H2/t14-/m1/s1. The number of halogens is 1. The number of hydrogen-bond acceptors (Lipinski definition) is 1. The highest BCUT2D eigenvalue weighted by Gasteiger charge is 2.23. The monoisotopic (exact) mass is 249 g/mol. The van der Waals surface area contributed by atoms with Gasteiger partial charge in [-0.2, -0.15) is 0 Å². The minimum absolute atomic E-state index is 0.297. The number of hydrogen-bond donors (Lipinski definition) is 1. The summed E-state index contributed by atoms with van der Waals surface area (Å²) >= 11 is 6.10. The highest BCUT2D eigenvalue weighted by atomic mass is 35.5. The van der Waals surface area contributed by atoms with Gasteiger partial charge in [-0.3, -0.25) is 0 Å². The van der Waals surface area contributed by atoms with Crippen molar-refractivity contribution in [2.45, 2.75) is 38.2 Å². The lowest BCUT2D eigenvalue weighted by molar-refractivity contribution is 0.111. The van der Waals surface area contributed by atoms with Crippen LogP contribution in [0.1, 0.15) is 31.2 Å². The fourth-order valence-corrected chi connectivity index (χ4v) is 2.76. The maximum Gasteiger partial charge on any atom is 0.188 e. The fourth-order valence-electron chi connectivity index (χ4n) is 2.51. The zero-order chi connectivity index (χ0) is 12.3. The number of benzene rings is 1. The van der Waals surface area contributed by atoms with Gasteiger partial charge in [0.1, 0.15) is 0 Å². The average Bonchev–Trinajstić information content (AvgIpc) is 2.85. The Labute approximate surface area is 107 Å². The molecular weight excluding hydrogens is 234 g/mol. The molecule has 0 unspecified atom stereocenters. The molecule has 0 heterocycles. The Morgan fingerprint density at radius 3 is 2.71 bits per heavy atom. The van der Waals surface area contributed by atoms with Crippen LogP contribution in [0.4, 0.5) is 5.69 Å². The highest BCUT2D eigenvalue weighted by Crippen LogP contribution is 2.31. The molecule has 0 aromatic heterocycles. The van der Waals surface area contributed by atoms with Crippen molar-refractivity contribution >= 4 is 17.3 Å². The zero-order valence-electron chi connectivity index (χ0n) is 9.69. The van der Waals surface area contributed by atoms with Crippen molar-refractivity contribution < 1.29 is 5.11 Å². The third-order valence-electron chi connectivity index (χ3n) is 3.54. The summed E-state index contributed by atoms with van der Waals surface area (Å²) < 4.78 is 0. The fraction of sp³-hybridized carbons (Fsp3) is 0.500. The second kappa shape index (κ2) is 5.53. The third kappa shape index (κ3) is 3.00. The molecule has 1 aliphatic rings. The first kappa shape index (κ1) is 12.4. The van der Waals surface area contributed by atoms with E-state index in [0.29, 0.717) is 23.0 Å². The summed E-state index contributed by atoms with van der Waals surface area (Å²) in [5.41, 5.74) is 1.49. The van der Waals surface area contributed by atoms with Crippen LogP contribution in [0.15, 0.2) is 18.2 Å². The van der Waals surface area contributed by atoms with Gasteiger partial charge >= 0.3 is 0 Å². The molecule has 0 amide bonds. The lowest BCUT2D eigenvalue weighted by Crippen LogP contribution is -2.20. The van der Waals surface area contributed by atoms with E-state index in [9.17, 15) is 5.11 Å². The number of rotatable bonds is 3. The Hall–Kier alpha value is -1.04. The van der Waals surface area contributed by atoms with Crippen LogP contribution in [0.3, 0.4) is 0 Å².